The van der Waals surface area contributed by atoms with E-state index in [1.807, 2.05) is 0 Å². The van der Waals surface area contributed by atoms with Crippen LogP contribution in [0.5, 0.6) is 0 Å². The van der Waals surface area contributed by atoms with Gasteiger partial charge in [0.15, 0.2) is 10.8 Å². The molecule has 2 aliphatic rings. The molecule has 0 aromatic carbocycles. The van der Waals surface area contributed by atoms with Crippen molar-refractivity contribution in [3.8, 4) is 0 Å². The Labute approximate surface area is 244 Å². The van der Waals surface area contributed by atoms with Crippen molar-refractivity contribution in [3.63, 3.8) is 0 Å². The third kappa shape index (κ3) is 8.70. The molecule has 234 valence electrons. The van der Waals surface area contributed by atoms with Crippen LogP contribution in [0.3, 0.4) is 0 Å². The van der Waals surface area contributed by atoms with E-state index >= 15 is 0 Å². The fourth-order valence-corrected chi connectivity index (χ4v) is 4.30. The van der Waals surface area contributed by atoms with Crippen LogP contribution in [-0.4, -0.2) is 88.8 Å². The molecule has 4 unspecified atom stereocenters. The summed E-state index contributed by atoms with van der Waals surface area (Å²) in [5.74, 6) is -3.46. The second-order valence-electron chi connectivity index (χ2n) is 9.58. The molecule has 2 amide bonds. The number of esters is 4. The third-order valence-electron chi connectivity index (χ3n) is 6.85. The van der Waals surface area contributed by atoms with Gasteiger partial charge in [-0.1, -0.05) is 12.2 Å². The number of allylic oxidation sites excluding steroid dienone is 2. The summed E-state index contributed by atoms with van der Waals surface area (Å²) in [5, 5.41) is 5.05. The molecule has 42 heavy (non-hydrogen) atoms. The van der Waals surface area contributed by atoms with Gasteiger partial charge in [-0.2, -0.15) is 0 Å². The summed E-state index contributed by atoms with van der Waals surface area (Å²) in [6.45, 7) is 10.5. The highest BCUT2D eigenvalue weighted by molar-refractivity contribution is 6.05. The molecule has 2 N–H and O–H groups in total. The first-order chi connectivity index (χ1) is 20.1. The number of nitrogens with one attached hydrogen (secondary N) is 2. The van der Waals surface area contributed by atoms with Crippen LogP contribution >= 0.6 is 0 Å². The van der Waals surface area contributed by atoms with Crippen LogP contribution in [0.1, 0.15) is 39.5 Å². The molecule has 0 aliphatic heterocycles. The lowest BCUT2D eigenvalue weighted by atomic mass is 10.0. The highest BCUT2D eigenvalue weighted by Crippen LogP contribution is 2.56. The number of amides is 2. The van der Waals surface area contributed by atoms with Crippen LogP contribution in [0.25, 0.3) is 0 Å². The third-order valence-corrected chi connectivity index (χ3v) is 6.85. The number of alkyl carbamates (subject to hydrolysis) is 2. The highest BCUT2D eigenvalue weighted by Gasteiger charge is 2.67. The second-order valence-corrected chi connectivity index (χ2v) is 9.58. The average molecular weight is 597 g/mol. The molecular weight excluding hydrogens is 556 g/mol. The molecule has 2 fully saturated rings. The lowest BCUT2D eigenvalue weighted by molar-refractivity contribution is -0.167. The Bertz CT molecular complexity index is 950. The lowest BCUT2D eigenvalue weighted by Gasteiger charge is -2.14. The predicted octanol–water partition coefficient (Wildman–Crippen LogP) is 1.82. The van der Waals surface area contributed by atoms with E-state index in [4.69, 9.17) is 28.4 Å². The summed E-state index contributed by atoms with van der Waals surface area (Å²) in [6.07, 6.45) is 3.19. The van der Waals surface area contributed by atoms with E-state index in [-0.39, 0.29) is 77.4 Å². The largest absolute Gasteiger partial charge is 0.465 e. The van der Waals surface area contributed by atoms with Crippen molar-refractivity contribution in [1.29, 1.82) is 0 Å². The molecule has 0 aromatic heterocycles. The zero-order valence-corrected chi connectivity index (χ0v) is 24.1. The van der Waals surface area contributed by atoms with Gasteiger partial charge in [0.1, 0.15) is 26.4 Å². The van der Waals surface area contributed by atoms with Gasteiger partial charge in [-0.3, -0.25) is 19.2 Å². The molecule has 14 heteroatoms. The van der Waals surface area contributed by atoms with E-state index < -0.39 is 46.9 Å². The summed E-state index contributed by atoms with van der Waals surface area (Å²) in [6, 6.07) is 0. The Morgan fingerprint density at radius 3 is 1.26 bits per heavy atom. The Hall–Kier alpha value is -4.10. The van der Waals surface area contributed by atoms with Crippen molar-refractivity contribution in [3.05, 3.63) is 25.3 Å². The first-order valence-electron chi connectivity index (χ1n) is 13.9. The minimum Gasteiger partial charge on any atom is -0.465 e. The van der Waals surface area contributed by atoms with Crippen molar-refractivity contribution < 1.29 is 57.2 Å². The van der Waals surface area contributed by atoms with Gasteiger partial charge in [0, 0.05) is 24.9 Å². The van der Waals surface area contributed by atoms with Gasteiger partial charge in [-0.05, 0) is 39.5 Å². The number of hydrogen-bond donors (Lipinski definition) is 2. The van der Waals surface area contributed by atoms with Crippen LogP contribution in [0.2, 0.25) is 0 Å². The Balaban J connectivity index is 1.48. The summed E-state index contributed by atoms with van der Waals surface area (Å²) in [4.78, 5) is 72.6. The zero-order valence-electron chi connectivity index (χ0n) is 24.1. The molecule has 0 heterocycles. The molecule has 0 radical (unpaired) electrons. The van der Waals surface area contributed by atoms with Crippen LogP contribution in [-0.2, 0) is 47.6 Å². The van der Waals surface area contributed by atoms with E-state index in [2.05, 4.69) is 23.8 Å². The summed E-state index contributed by atoms with van der Waals surface area (Å²) >= 11 is 0. The van der Waals surface area contributed by atoms with Crippen molar-refractivity contribution in [1.82, 2.24) is 10.6 Å². The molecule has 2 saturated carbocycles. The summed E-state index contributed by atoms with van der Waals surface area (Å²) in [5.41, 5.74) is -2.73. The predicted molar refractivity (Wildman–Crippen MR) is 145 cm³/mol. The van der Waals surface area contributed by atoms with Gasteiger partial charge in [-0.15, -0.1) is 13.2 Å². The second kappa shape index (κ2) is 16.4. The molecule has 0 bridgehead atoms. The first-order valence-corrected chi connectivity index (χ1v) is 13.9. The molecule has 14 nitrogen and oxygen atoms in total. The fourth-order valence-electron chi connectivity index (χ4n) is 4.30. The van der Waals surface area contributed by atoms with Crippen LogP contribution < -0.4 is 10.6 Å². The van der Waals surface area contributed by atoms with Crippen LogP contribution in [0.4, 0.5) is 9.59 Å². The maximum absolute atomic E-state index is 12.4. The van der Waals surface area contributed by atoms with Gasteiger partial charge in [-0.25, -0.2) is 9.59 Å². The van der Waals surface area contributed by atoms with E-state index in [1.54, 1.807) is 13.8 Å². The van der Waals surface area contributed by atoms with Crippen molar-refractivity contribution in [2.45, 2.75) is 39.5 Å². The van der Waals surface area contributed by atoms with Crippen molar-refractivity contribution in [2.75, 3.05) is 52.7 Å². The number of ether oxygens (including phenoxy) is 6. The van der Waals surface area contributed by atoms with Gasteiger partial charge in [0.25, 0.3) is 0 Å². The number of hydrogen-bond acceptors (Lipinski definition) is 12. The minimum absolute atomic E-state index is 0.137. The zero-order chi connectivity index (χ0) is 31.2. The quantitative estimate of drug-likeness (QED) is 0.0726. The highest BCUT2D eigenvalue weighted by atomic mass is 16.6. The van der Waals surface area contributed by atoms with Crippen LogP contribution in [0, 0.1) is 22.7 Å². The maximum Gasteiger partial charge on any atom is 0.407 e. The number of carbonyl (C=O) groups excluding carboxylic acids is 6. The Kier molecular flexibility index (Phi) is 13.3. The van der Waals surface area contributed by atoms with Crippen LogP contribution in [0.15, 0.2) is 25.3 Å². The monoisotopic (exact) mass is 596 g/mol. The Morgan fingerprint density at radius 1 is 0.619 bits per heavy atom. The molecule has 0 spiro atoms. The van der Waals surface area contributed by atoms with Gasteiger partial charge in [0.2, 0.25) is 0 Å². The smallest absolute Gasteiger partial charge is 0.407 e. The number of unbranched alkanes of at least 4 members (excludes halogenated alkanes) is 1. The minimum atomic E-state index is -1.37. The van der Waals surface area contributed by atoms with E-state index in [9.17, 15) is 28.8 Å². The molecule has 4 atom stereocenters. The average Bonchev–Trinajstić information content (AvgIpc) is 3.88. The van der Waals surface area contributed by atoms with E-state index in [0.717, 1.165) is 0 Å². The standard InChI is InChI=1S/C28H40N2O12/c1-5-19-17-27(19,21(31)37-7-3)23(33)39-13-15-41-25(35)29-11-9-10-12-30-26(36)42-16-14-40-24(34)28(18-20(28)6-2)22(32)38-8-4/h5-6,19-20H,1-2,7-18H2,3-4H3,(H,29,35)(H,30,36). The topological polar surface area (TPSA) is 182 Å². The molecule has 0 saturated heterocycles. The lowest BCUT2D eigenvalue weighted by Crippen LogP contribution is -2.33. The van der Waals surface area contributed by atoms with E-state index in [0.29, 0.717) is 12.8 Å². The number of carbonyl (C=O) groups is 6. The van der Waals surface area contributed by atoms with Crippen molar-refractivity contribution in [2.24, 2.45) is 22.7 Å². The molecular formula is C28H40N2O12. The van der Waals surface area contributed by atoms with E-state index in [1.165, 1.54) is 12.2 Å². The summed E-state index contributed by atoms with van der Waals surface area (Å²) in [7, 11) is 0. The normalized spacial score (nSPS) is 23.3. The van der Waals surface area contributed by atoms with Gasteiger partial charge >= 0.3 is 36.1 Å². The van der Waals surface area contributed by atoms with Crippen molar-refractivity contribution >= 4 is 36.1 Å². The number of rotatable bonds is 19. The van der Waals surface area contributed by atoms with Gasteiger partial charge < -0.3 is 39.1 Å². The SMILES string of the molecule is C=CC1CC1(C(=O)OCC)C(=O)OCCOC(=O)NCCCCNC(=O)OCCOC(=O)C1(C(=O)OCC)CC1C=C. The fraction of sp³-hybridized carbons (Fsp3) is 0.643. The molecule has 0 aromatic rings. The molecule has 2 rings (SSSR count). The Morgan fingerprint density at radius 2 is 0.952 bits per heavy atom. The first kappa shape index (κ1) is 34.1. The molecule has 2 aliphatic carbocycles. The maximum atomic E-state index is 12.4. The summed E-state index contributed by atoms with van der Waals surface area (Å²) < 4.78 is 30.0. The van der Waals surface area contributed by atoms with Gasteiger partial charge in [0.05, 0.1) is 13.2 Å².